The van der Waals surface area contributed by atoms with Crippen molar-refractivity contribution in [3.63, 3.8) is 0 Å². The highest BCUT2D eigenvalue weighted by Gasteiger charge is 2.51. The Morgan fingerprint density at radius 1 is 1.00 bits per heavy atom. The van der Waals surface area contributed by atoms with E-state index < -0.39 is 17.1 Å². The van der Waals surface area contributed by atoms with Crippen molar-refractivity contribution in [2.45, 2.75) is 90.6 Å². The number of carbonyl (C=O) groups excluding carboxylic acids is 1. The van der Waals surface area contributed by atoms with E-state index in [0.717, 1.165) is 34.4 Å². The van der Waals surface area contributed by atoms with Crippen molar-refractivity contribution in [2.24, 2.45) is 0 Å². The van der Waals surface area contributed by atoms with Gasteiger partial charge in [-0.15, -0.1) is 0 Å². The highest BCUT2D eigenvalue weighted by atomic mass is 16.8. The third-order valence-corrected chi connectivity index (χ3v) is 8.72. The Labute approximate surface area is 265 Å². The molecule has 1 saturated heterocycles. The average Bonchev–Trinajstić information content (AvgIpc) is 3.76. The number of hydrogen-bond donors (Lipinski definition) is 1. The molecule has 4 heterocycles. The van der Waals surface area contributed by atoms with Crippen LogP contribution < -0.4 is 11.3 Å². The number of ether oxygens (including phenoxy) is 2. The van der Waals surface area contributed by atoms with E-state index in [1.54, 1.807) is 22.9 Å². The number of nitrogens with zero attached hydrogens (tertiary/aromatic N) is 5. The van der Waals surface area contributed by atoms with Crippen LogP contribution in [0.3, 0.4) is 0 Å². The zero-order valence-corrected chi connectivity index (χ0v) is 26.7. The molecule has 6 rings (SSSR count). The van der Waals surface area contributed by atoms with E-state index in [2.05, 4.69) is 27.1 Å². The van der Waals surface area contributed by atoms with E-state index in [4.69, 9.17) is 14.0 Å². The predicted molar refractivity (Wildman–Crippen MR) is 170 cm³/mol. The molecule has 5 aromatic rings. The lowest BCUT2D eigenvalue weighted by molar-refractivity contribution is -0.191. The van der Waals surface area contributed by atoms with E-state index in [0.29, 0.717) is 49.3 Å². The average molecular weight is 627 g/mol. The van der Waals surface area contributed by atoms with Gasteiger partial charge in [0, 0.05) is 36.4 Å². The zero-order valence-electron chi connectivity index (χ0n) is 26.7. The summed E-state index contributed by atoms with van der Waals surface area (Å²) in [5, 5.41) is 8.38. The molecule has 0 radical (unpaired) electrons. The Morgan fingerprint density at radius 2 is 1.74 bits per heavy atom. The predicted octanol–water partition coefficient (Wildman–Crippen LogP) is 5.24. The number of H-pyrrole nitrogens is 1. The normalized spacial score (nSPS) is 18.2. The molecule has 0 saturated carbocycles. The second-order valence-corrected chi connectivity index (χ2v) is 12.3. The van der Waals surface area contributed by atoms with Gasteiger partial charge in [-0.05, 0) is 50.3 Å². The Morgan fingerprint density at radius 3 is 2.37 bits per heavy atom. The summed E-state index contributed by atoms with van der Waals surface area (Å²) in [4.78, 5) is 45.5. The van der Waals surface area contributed by atoms with Gasteiger partial charge < -0.3 is 9.47 Å². The second kappa shape index (κ2) is 12.2. The number of aromatic nitrogens is 6. The summed E-state index contributed by atoms with van der Waals surface area (Å²) in [5.41, 5.74) is 3.89. The number of aryl methyl sites for hydroxylation is 1. The maximum Gasteiger partial charge on any atom is 0.439 e. The SMILES string of the molecule is CCCc1c(Cc2ccc(-c3ccccc3-c3noc(=O)[nH]3)cc2)c(=O)n(C(C)CCC2(CC)OC(=O)C(C)(C)O2)c2ncnn12. The van der Waals surface area contributed by atoms with Gasteiger partial charge in [-0.2, -0.15) is 10.1 Å². The Bertz CT molecular complexity index is 2000. The third kappa shape index (κ3) is 5.68. The summed E-state index contributed by atoms with van der Waals surface area (Å²) in [6, 6.07) is 15.3. The lowest BCUT2D eigenvalue weighted by atomic mass is 9.96. The molecule has 0 amide bonds. The number of rotatable bonds is 11. The molecule has 2 aromatic carbocycles. The summed E-state index contributed by atoms with van der Waals surface area (Å²) in [6.45, 7) is 9.40. The van der Waals surface area contributed by atoms with Crippen molar-refractivity contribution in [2.75, 3.05) is 0 Å². The van der Waals surface area contributed by atoms with Crippen LogP contribution in [-0.2, 0) is 27.1 Å². The molecule has 2 unspecified atom stereocenters. The summed E-state index contributed by atoms with van der Waals surface area (Å²) in [5.74, 6) is -1.19. The fraction of sp³-hybridized carbons (Fsp3) is 0.412. The number of fused-ring (bicyclic) bond motifs is 1. The maximum absolute atomic E-state index is 14.3. The van der Waals surface area contributed by atoms with Crippen LogP contribution in [0, 0.1) is 0 Å². The van der Waals surface area contributed by atoms with Crippen LogP contribution in [0.5, 0.6) is 0 Å². The van der Waals surface area contributed by atoms with Crippen molar-refractivity contribution in [3.05, 3.63) is 92.6 Å². The third-order valence-electron chi connectivity index (χ3n) is 8.72. The van der Waals surface area contributed by atoms with Crippen LogP contribution in [0.4, 0.5) is 0 Å². The lowest BCUT2D eigenvalue weighted by Crippen LogP contribution is -2.35. The van der Waals surface area contributed by atoms with Gasteiger partial charge in [0.2, 0.25) is 11.6 Å². The van der Waals surface area contributed by atoms with Gasteiger partial charge in [0.15, 0.2) is 11.4 Å². The number of hydrogen-bond acceptors (Lipinski definition) is 9. The quantitative estimate of drug-likeness (QED) is 0.194. The molecule has 1 aliphatic rings. The van der Waals surface area contributed by atoms with Crippen molar-refractivity contribution < 1.29 is 18.8 Å². The fourth-order valence-corrected chi connectivity index (χ4v) is 6.24. The molecule has 2 atom stereocenters. The van der Waals surface area contributed by atoms with E-state index in [1.807, 2.05) is 62.4 Å². The summed E-state index contributed by atoms with van der Waals surface area (Å²) in [6.07, 6.45) is 4.84. The zero-order chi connectivity index (χ0) is 32.6. The van der Waals surface area contributed by atoms with E-state index >= 15 is 0 Å². The van der Waals surface area contributed by atoms with Crippen LogP contribution in [0.15, 0.2) is 69.0 Å². The first kappa shape index (κ1) is 31.2. The van der Waals surface area contributed by atoms with Crippen molar-refractivity contribution >= 4 is 11.7 Å². The fourth-order valence-electron chi connectivity index (χ4n) is 6.24. The first-order chi connectivity index (χ1) is 22.1. The van der Waals surface area contributed by atoms with Crippen LogP contribution in [-0.4, -0.2) is 46.7 Å². The molecule has 240 valence electrons. The summed E-state index contributed by atoms with van der Waals surface area (Å²) >= 11 is 0. The van der Waals surface area contributed by atoms with Gasteiger partial charge in [0.25, 0.3) is 5.56 Å². The topological polar surface area (TPSA) is 147 Å². The lowest BCUT2D eigenvalue weighted by Gasteiger charge is -2.28. The van der Waals surface area contributed by atoms with Gasteiger partial charge in [0.1, 0.15) is 6.33 Å². The van der Waals surface area contributed by atoms with Crippen molar-refractivity contribution in [3.8, 4) is 22.5 Å². The molecule has 3 aromatic heterocycles. The van der Waals surface area contributed by atoms with E-state index in [1.165, 1.54) is 6.33 Å². The number of esters is 1. The van der Waals surface area contributed by atoms with Crippen LogP contribution in [0.1, 0.15) is 83.2 Å². The number of aromatic amines is 1. The Kier molecular flexibility index (Phi) is 8.24. The van der Waals surface area contributed by atoms with Crippen molar-refractivity contribution in [1.82, 2.24) is 29.3 Å². The smallest absolute Gasteiger partial charge is 0.431 e. The standard InChI is InChI=1S/C34H38N6O6/c1-6-10-27-26(19-22-13-15-23(16-14-22)24-11-8-9-12-25(24)28-37-32(43)45-38-28)29(41)39(31-35-20-36-40(27)31)21(3)17-18-34(7-2)44-30(42)33(4,5)46-34/h8-9,11-16,20-21H,6-7,10,17-19H2,1-5H3,(H,37,38,43). The van der Waals surface area contributed by atoms with Gasteiger partial charge in [-0.1, -0.05) is 74.0 Å². The Balaban J connectivity index is 1.32. The number of benzene rings is 2. The largest absolute Gasteiger partial charge is 0.439 e. The minimum Gasteiger partial charge on any atom is -0.431 e. The molecule has 12 nitrogen and oxygen atoms in total. The van der Waals surface area contributed by atoms with Crippen LogP contribution in [0.2, 0.25) is 0 Å². The molecular weight excluding hydrogens is 588 g/mol. The number of nitrogens with one attached hydrogen (secondary N) is 1. The monoisotopic (exact) mass is 626 g/mol. The first-order valence-electron chi connectivity index (χ1n) is 15.7. The minimum absolute atomic E-state index is 0.115. The van der Waals surface area contributed by atoms with Gasteiger partial charge in [-0.25, -0.2) is 14.1 Å². The molecule has 46 heavy (non-hydrogen) atoms. The molecule has 1 aliphatic heterocycles. The highest BCUT2D eigenvalue weighted by Crippen LogP contribution is 2.39. The minimum atomic E-state index is -1.03. The second-order valence-electron chi connectivity index (χ2n) is 12.3. The van der Waals surface area contributed by atoms with E-state index in [9.17, 15) is 14.4 Å². The number of carbonyl (C=O) groups is 1. The first-order valence-corrected chi connectivity index (χ1v) is 15.7. The molecule has 0 aliphatic carbocycles. The summed E-state index contributed by atoms with van der Waals surface area (Å²) < 4.78 is 20.0. The molecule has 12 heteroatoms. The van der Waals surface area contributed by atoms with E-state index in [-0.39, 0.29) is 17.6 Å². The highest BCUT2D eigenvalue weighted by molar-refractivity contribution is 5.81. The molecule has 0 spiro atoms. The van der Waals surface area contributed by atoms with Crippen molar-refractivity contribution in [1.29, 1.82) is 0 Å². The van der Waals surface area contributed by atoms with Crippen LogP contribution >= 0.6 is 0 Å². The number of cyclic esters (lactones) is 1. The Hall–Kier alpha value is -4.84. The van der Waals surface area contributed by atoms with Gasteiger partial charge in [-0.3, -0.25) is 18.9 Å². The molecule has 0 bridgehead atoms. The molecule has 1 N–H and O–H groups in total. The van der Waals surface area contributed by atoms with Gasteiger partial charge in [0.05, 0.1) is 5.69 Å². The molecular formula is C34H38N6O6. The summed E-state index contributed by atoms with van der Waals surface area (Å²) in [7, 11) is 0. The molecule has 1 fully saturated rings. The van der Waals surface area contributed by atoms with Gasteiger partial charge >= 0.3 is 11.7 Å². The van der Waals surface area contributed by atoms with Crippen LogP contribution in [0.25, 0.3) is 28.3 Å². The maximum atomic E-state index is 14.3.